The van der Waals surface area contributed by atoms with Crippen LogP contribution in [0, 0.1) is 17.1 Å². The molecule has 2 aromatic carbocycles. The fourth-order valence-corrected chi connectivity index (χ4v) is 2.51. The van der Waals surface area contributed by atoms with Crippen LogP contribution in [0.2, 0.25) is 5.02 Å². The molecular formula is C19H15ClFN3O4. The van der Waals surface area contributed by atoms with Crippen molar-refractivity contribution < 1.29 is 23.5 Å². The number of carbonyl (C=O) groups excluding carboxylic acids is 2. The van der Waals surface area contributed by atoms with Gasteiger partial charge in [0, 0.05) is 0 Å². The van der Waals surface area contributed by atoms with Crippen molar-refractivity contribution in [2.75, 3.05) is 7.11 Å². The lowest BCUT2D eigenvalue weighted by Gasteiger charge is -2.13. The zero-order chi connectivity index (χ0) is 20.7. The Morgan fingerprint density at radius 2 is 2.11 bits per heavy atom. The zero-order valence-electron chi connectivity index (χ0n) is 14.7. The zero-order valence-corrected chi connectivity index (χ0v) is 15.4. The molecule has 144 valence electrons. The smallest absolute Gasteiger partial charge is 0.319 e. The van der Waals surface area contributed by atoms with Gasteiger partial charge in [0.2, 0.25) is 0 Å². The van der Waals surface area contributed by atoms with Crippen LogP contribution in [-0.4, -0.2) is 19.0 Å². The van der Waals surface area contributed by atoms with Gasteiger partial charge in [-0.25, -0.2) is 9.18 Å². The van der Waals surface area contributed by atoms with E-state index in [1.807, 2.05) is 0 Å². The summed E-state index contributed by atoms with van der Waals surface area (Å²) < 4.78 is 24.2. The lowest BCUT2D eigenvalue weighted by molar-refractivity contribution is -0.115. The molecule has 0 spiro atoms. The summed E-state index contributed by atoms with van der Waals surface area (Å²) in [4.78, 5) is 22.5. The summed E-state index contributed by atoms with van der Waals surface area (Å²) in [6, 6.07) is 9.42. The van der Waals surface area contributed by atoms with Crippen LogP contribution in [0.1, 0.15) is 11.1 Å². The Morgan fingerprint density at radius 1 is 1.36 bits per heavy atom. The first-order valence-electron chi connectivity index (χ1n) is 7.81. The standard InChI is InChI=1S/C19H15ClFN3O4/c1-27-16-8-12(5-13(9-22)18(25)24-19(23)26)7-15(20)17(16)28-10-11-3-2-4-14(21)6-11/h2-8H,10H2,1H3,(H3,23,24,25,26)/b13-5-. The Kier molecular flexibility index (Phi) is 6.96. The molecule has 0 radical (unpaired) electrons. The van der Waals surface area contributed by atoms with Gasteiger partial charge in [-0.1, -0.05) is 23.7 Å². The first kappa shape index (κ1) is 20.7. The minimum absolute atomic E-state index is 0.0491. The number of amides is 3. The highest BCUT2D eigenvalue weighted by atomic mass is 35.5. The van der Waals surface area contributed by atoms with Crippen molar-refractivity contribution >= 4 is 29.6 Å². The first-order chi connectivity index (χ1) is 13.3. The molecule has 9 heteroatoms. The highest BCUT2D eigenvalue weighted by Gasteiger charge is 2.15. The third-order valence-corrected chi connectivity index (χ3v) is 3.72. The van der Waals surface area contributed by atoms with Gasteiger partial charge in [-0.15, -0.1) is 0 Å². The molecule has 2 aromatic rings. The maximum Gasteiger partial charge on any atom is 0.319 e. The van der Waals surface area contributed by atoms with Gasteiger partial charge >= 0.3 is 6.03 Å². The molecule has 0 heterocycles. The number of ether oxygens (including phenoxy) is 2. The molecule has 0 saturated heterocycles. The predicted octanol–water partition coefficient (Wildman–Crippen LogP) is 3.17. The second kappa shape index (κ2) is 9.39. The minimum Gasteiger partial charge on any atom is -0.493 e. The Bertz CT molecular complexity index is 986. The van der Waals surface area contributed by atoms with E-state index in [0.717, 1.165) is 0 Å². The van der Waals surface area contributed by atoms with Gasteiger partial charge < -0.3 is 15.2 Å². The van der Waals surface area contributed by atoms with E-state index >= 15 is 0 Å². The molecule has 0 atom stereocenters. The van der Waals surface area contributed by atoms with Crippen LogP contribution in [0.25, 0.3) is 6.08 Å². The number of urea groups is 1. The number of carbonyl (C=O) groups is 2. The SMILES string of the molecule is COc1cc(/C=C(/C#N)C(=O)NC(N)=O)cc(Cl)c1OCc1cccc(F)c1. The Balaban J connectivity index is 2.29. The minimum atomic E-state index is -1.08. The third-order valence-electron chi connectivity index (χ3n) is 3.44. The number of rotatable bonds is 6. The maximum absolute atomic E-state index is 13.3. The molecule has 2 rings (SSSR count). The summed E-state index contributed by atoms with van der Waals surface area (Å²) >= 11 is 6.24. The van der Waals surface area contributed by atoms with Crippen LogP contribution in [0.3, 0.4) is 0 Å². The van der Waals surface area contributed by atoms with E-state index in [1.165, 1.54) is 37.5 Å². The number of hydrogen-bond acceptors (Lipinski definition) is 5. The van der Waals surface area contributed by atoms with Gasteiger partial charge in [0.1, 0.15) is 24.1 Å². The summed E-state index contributed by atoms with van der Waals surface area (Å²) in [7, 11) is 1.39. The average Bonchev–Trinajstić information content (AvgIpc) is 2.64. The molecule has 7 nitrogen and oxygen atoms in total. The second-order valence-electron chi connectivity index (χ2n) is 5.44. The molecular weight excluding hydrogens is 389 g/mol. The number of halogens is 2. The number of imide groups is 1. The lowest BCUT2D eigenvalue weighted by Crippen LogP contribution is -2.35. The highest BCUT2D eigenvalue weighted by Crippen LogP contribution is 2.37. The summed E-state index contributed by atoms with van der Waals surface area (Å²) in [5.41, 5.74) is 5.47. The Morgan fingerprint density at radius 3 is 2.71 bits per heavy atom. The number of nitrogens with zero attached hydrogens (tertiary/aromatic N) is 1. The maximum atomic E-state index is 13.3. The monoisotopic (exact) mass is 403 g/mol. The molecule has 0 aliphatic rings. The van der Waals surface area contributed by atoms with Gasteiger partial charge in [-0.05, 0) is 41.5 Å². The van der Waals surface area contributed by atoms with Gasteiger partial charge in [0.25, 0.3) is 5.91 Å². The van der Waals surface area contributed by atoms with Crippen molar-refractivity contribution in [3.05, 3.63) is 63.9 Å². The molecule has 0 aliphatic carbocycles. The fraction of sp³-hybridized carbons (Fsp3) is 0.105. The van der Waals surface area contributed by atoms with Crippen LogP contribution < -0.4 is 20.5 Å². The lowest BCUT2D eigenvalue weighted by atomic mass is 10.1. The fourth-order valence-electron chi connectivity index (χ4n) is 2.24. The van der Waals surface area contributed by atoms with E-state index in [0.29, 0.717) is 11.1 Å². The normalized spacial score (nSPS) is 10.7. The molecule has 0 unspecified atom stereocenters. The van der Waals surface area contributed by atoms with Crippen molar-refractivity contribution in [3.8, 4) is 17.6 Å². The van der Waals surface area contributed by atoms with Crippen LogP contribution in [0.5, 0.6) is 11.5 Å². The van der Waals surface area contributed by atoms with Crippen LogP contribution in [-0.2, 0) is 11.4 Å². The summed E-state index contributed by atoms with van der Waals surface area (Å²) in [5.74, 6) is -0.886. The number of primary amides is 1. The van der Waals surface area contributed by atoms with Crippen molar-refractivity contribution in [3.63, 3.8) is 0 Å². The molecule has 3 amide bonds. The molecule has 0 aromatic heterocycles. The summed E-state index contributed by atoms with van der Waals surface area (Å²) in [6.45, 7) is 0.0491. The van der Waals surface area contributed by atoms with E-state index in [4.69, 9.17) is 32.1 Å². The predicted molar refractivity (Wildman–Crippen MR) is 100 cm³/mol. The van der Waals surface area contributed by atoms with Crippen molar-refractivity contribution in [1.82, 2.24) is 5.32 Å². The van der Waals surface area contributed by atoms with Gasteiger partial charge in [0.05, 0.1) is 12.1 Å². The van der Waals surface area contributed by atoms with Gasteiger partial charge in [-0.3, -0.25) is 10.1 Å². The molecule has 28 heavy (non-hydrogen) atoms. The molecule has 0 aliphatic heterocycles. The van der Waals surface area contributed by atoms with Crippen LogP contribution in [0.4, 0.5) is 9.18 Å². The Hall–Kier alpha value is -3.57. The van der Waals surface area contributed by atoms with E-state index in [-0.39, 0.29) is 28.7 Å². The quantitative estimate of drug-likeness (QED) is 0.568. The summed E-state index contributed by atoms with van der Waals surface area (Å²) in [5, 5.41) is 11.1. The average molecular weight is 404 g/mol. The van der Waals surface area contributed by atoms with Gasteiger partial charge in [0.15, 0.2) is 11.5 Å². The number of benzene rings is 2. The number of nitrogens with one attached hydrogen (secondary N) is 1. The van der Waals surface area contributed by atoms with Crippen LogP contribution >= 0.6 is 11.6 Å². The topological polar surface area (TPSA) is 114 Å². The van der Waals surface area contributed by atoms with Gasteiger partial charge in [-0.2, -0.15) is 5.26 Å². The van der Waals surface area contributed by atoms with Crippen molar-refractivity contribution in [1.29, 1.82) is 5.26 Å². The summed E-state index contributed by atoms with van der Waals surface area (Å²) in [6.07, 6.45) is 1.21. The van der Waals surface area contributed by atoms with E-state index in [2.05, 4.69) is 0 Å². The third kappa shape index (κ3) is 5.46. The van der Waals surface area contributed by atoms with Crippen molar-refractivity contribution in [2.45, 2.75) is 6.61 Å². The molecule has 0 bridgehead atoms. The van der Waals surface area contributed by atoms with Crippen molar-refractivity contribution in [2.24, 2.45) is 5.73 Å². The first-order valence-corrected chi connectivity index (χ1v) is 8.19. The Labute approximate surface area is 165 Å². The highest BCUT2D eigenvalue weighted by molar-refractivity contribution is 6.32. The van der Waals surface area contributed by atoms with Crippen LogP contribution in [0.15, 0.2) is 42.0 Å². The second-order valence-corrected chi connectivity index (χ2v) is 5.85. The number of hydrogen-bond donors (Lipinski definition) is 2. The molecule has 0 fully saturated rings. The van der Waals surface area contributed by atoms with E-state index in [9.17, 15) is 14.0 Å². The van der Waals surface area contributed by atoms with E-state index in [1.54, 1.807) is 23.5 Å². The number of nitrogens with two attached hydrogens (primary N) is 1. The molecule has 3 N–H and O–H groups in total. The van der Waals surface area contributed by atoms with E-state index < -0.39 is 17.8 Å². The molecule has 0 saturated carbocycles. The largest absolute Gasteiger partial charge is 0.493 e. The number of methoxy groups -OCH3 is 1. The number of nitriles is 1.